The molecule has 6 nitrogen and oxygen atoms in total. The van der Waals surface area contributed by atoms with Crippen molar-refractivity contribution in [2.45, 2.75) is 69.5 Å². The van der Waals surface area contributed by atoms with E-state index >= 15 is 0 Å². The van der Waals surface area contributed by atoms with Gasteiger partial charge in [0.15, 0.2) is 0 Å². The highest BCUT2D eigenvalue weighted by atomic mass is 16.6. The smallest absolute Gasteiger partial charge is 0.331 e. The SMILES string of the molecule is COc1ccc(/C=C\C(=O)O[C@@H]2CC[C@]3(CO3)[C@@H]([C@@]3(C)O[C@@H]3CC=C(C)C)[C@@H]2OC)cc1. The number of carbonyl (C=O) groups is 1. The predicted molar refractivity (Wildman–Crippen MR) is 121 cm³/mol. The number of epoxide rings is 2. The van der Waals surface area contributed by atoms with Gasteiger partial charge in [-0.15, -0.1) is 0 Å². The maximum atomic E-state index is 12.6. The van der Waals surface area contributed by atoms with Crippen LogP contribution in [0, 0.1) is 5.92 Å². The fraction of sp³-hybridized carbons (Fsp3) is 0.577. The van der Waals surface area contributed by atoms with Crippen LogP contribution in [0.4, 0.5) is 0 Å². The first-order valence-electron chi connectivity index (χ1n) is 11.3. The van der Waals surface area contributed by atoms with Gasteiger partial charge in [-0.1, -0.05) is 23.8 Å². The first kappa shape index (κ1) is 23.0. The third-order valence-corrected chi connectivity index (χ3v) is 7.03. The Labute approximate surface area is 190 Å². The summed E-state index contributed by atoms with van der Waals surface area (Å²) in [5.41, 5.74) is 1.62. The molecule has 4 rings (SSSR count). The number of hydrogen-bond acceptors (Lipinski definition) is 6. The van der Waals surface area contributed by atoms with E-state index in [0.29, 0.717) is 13.0 Å². The van der Waals surface area contributed by atoms with Gasteiger partial charge in [0.05, 0.1) is 25.7 Å². The lowest BCUT2D eigenvalue weighted by molar-refractivity contribution is -0.166. The second-order valence-electron chi connectivity index (χ2n) is 9.46. The summed E-state index contributed by atoms with van der Waals surface area (Å²) in [6.07, 6.45) is 7.37. The number of methoxy groups -OCH3 is 2. The van der Waals surface area contributed by atoms with Crippen LogP contribution >= 0.6 is 0 Å². The summed E-state index contributed by atoms with van der Waals surface area (Å²) in [6, 6.07) is 7.50. The van der Waals surface area contributed by atoms with E-state index in [2.05, 4.69) is 26.8 Å². The van der Waals surface area contributed by atoms with Crippen molar-refractivity contribution in [1.29, 1.82) is 0 Å². The van der Waals surface area contributed by atoms with Crippen molar-refractivity contribution in [3.63, 3.8) is 0 Å². The topological polar surface area (TPSA) is 69.8 Å². The molecule has 0 amide bonds. The molecule has 0 bridgehead atoms. The molecule has 2 saturated heterocycles. The minimum atomic E-state index is -0.373. The monoisotopic (exact) mass is 442 g/mol. The summed E-state index contributed by atoms with van der Waals surface area (Å²) in [5, 5.41) is 0. The average Bonchev–Trinajstić information content (AvgIpc) is 3.69. The molecule has 1 aromatic rings. The van der Waals surface area contributed by atoms with E-state index in [1.165, 1.54) is 11.6 Å². The molecule has 2 aliphatic heterocycles. The highest BCUT2D eigenvalue weighted by molar-refractivity contribution is 5.87. The number of carbonyl (C=O) groups excluding carboxylic acids is 1. The minimum Gasteiger partial charge on any atom is -0.497 e. The summed E-state index contributed by atoms with van der Waals surface area (Å²) in [7, 11) is 3.31. The first-order valence-corrected chi connectivity index (χ1v) is 11.3. The van der Waals surface area contributed by atoms with E-state index < -0.39 is 0 Å². The van der Waals surface area contributed by atoms with Gasteiger partial charge in [-0.3, -0.25) is 0 Å². The molecule has 32 heavy (non-hydrogen) atoms. The minimum absolute atomic E-state index is 0.0210. The van der Waals surface area contributed by atoms with Crippen LogP contribution in [0.25, 0.3) is 6.08 Å². The molecule has 0 N–H and O–H groups in total. The van der Waals surface area contributed by atoms with E-state index in [0.717, 1.165) is 24.2 Å². The van der Waals surface area contributed by atoms with Crippen LogP contribution in [-0.2, 0) is 23.7 Å². The lowest BCUT2D eigenvalue weighted by Gasteiger charge is -2.42. The van der Waals surface area contributed by atoms with Gasteiger partial charge >= 0.3 is 5.97 Å². The maximum Gasteiger partial charge on any atom is 0.331 e. The van der Waals surface area contributed by atoms with Crippen LogP contribution in [-0.4, -0.2) is 56.3 Å². The quantitative estimate of drug-likeness (QED) is 0.258. The molecule has 174 valence electrons. The maximum absolute atomic E-state index is 12.6. The lowest BCUT2D eigenvalue weighted by Crippen LogP contribution is -2.55. The lowest BCUT2D eigenvalue weighted by atomic mass is 9.68. The molecule has 1 aliphatic carbocycles. The van der Waals surface area contributed by atoms with Crippen LogP contribution in [0.5, 0.6) is 5.75 Å². The van der Waals surface area contributed by atoms with Crippen molar-refractivity contribution in [3.05, 3.63) is 47.6 Å². The van der Waals surface area contributed by atoms with Crippen molar-refractivity contribution >= 4 is 12.0 Å². The van der Waals surface area contributed by atoms with Gasteiger partial charge in [0.25, 0.3) is 0 Å². The fourth-order valence-electron chi connectivity index (χ4n) is 5.14. The van der Waals surface area contributed by atoms with Gasteiger partial charge in [0, 0.05) is 13.2 Å². The van der Waals surface area contributed by atoms with Crippen LogP contribution in [0.15, 0.2) is 42.0 Å². The van der Waals surface area contributed by atoms with Gasteiger partial charge in [-0.2, -0.15) is 0 Å². The summed E-state index contributed by atoms with van der Waals surface area (Å²) in [5.74, 6) is 0.422. The van der Waals surface area contributed by atoms with Crippen molar-refractivity contribution in [2.75, 3.05) is 20.8 Å². The van der Waals surface area contributed by atoms with E-state index in [9.17, 15) is 4.79 Å². The first-order chi connectivity index (χ1) is 15.3. The van der Waals surface area contributed by atoms with Gasteiger partial charge in [0.1, 0.15) is 29.2 Å². The number of benzene rings is 1. The molecule has 2 heterocycles. The summed E-state index contributed by atoms with van der Waals surface area (Å²) in [4.78, 5) is 12.6. The number of rotatable bonds is 8. The van der Waals surface area contributed by atoms with E-state index in [1.54, 1.807) is 20.3 Å². The Balaban J connectivity index is 1.43. The Hall–Kier alpha value is -2.15. The number of allylic oxidation sites excluding steroid dienone is 1. The van der Waals surface area contributed by atoms with E-state index in [4.69, 9.17) is 23.7 Å². The van der Waals surface area contributed by atoms with Crippen molar-refractivity contribution in [2.24, 2.45) is 5.92 Å². The predicted octanol–water partition coefficient (Wildman–Crippen LogP) is 4.33. The molecule has 1 spiro atoms. The van der Waals surface area contributed by atoms with Crippen molar-refractivity contribution in [1.82, 2.24) is 0 Å². The third kappa shape index (κ3) is 4.63. The van der Waals surface area contributed by atoms with Gasteiger partial charge in [-0.05, 0) is 63.8 Å². The molecule has 0 unspecified atom stereocenters. The van der Waals surface area contributed by atoms with E-state index in [1.807, 2.05) is 24.3 Å². The molecular formula is C26H34O6. The Kier molecular flexibility index (Phi) is 6.48. The Bertz CT molecular complexity index is 880. The Morgan fingerprint density at radius 1 is 1.22 bits per heavy atom. The molecule has 1 saturated carbocycles. The zero-order chi connectivity index (χ0) is 22.9. The highest BCUT2D eigenvalue weighted by Gasteiger charge is 2.72. The summed E-state index contributed by atoms with van der Waals surface area (Å²) in [6.45, 7) is 7.05. The van der Waals surface area contributed by atoms with Crippen LogP contribution in [0.2, 0.25) is 0 Å². The van der Waals surface area contributed by atoms with Crippen molar-refractivity contribution in [3.8, 4) is 5.75 Å². The average molecular weight is 443 g/mol. The number of esters is 1. The largest absolute Gasteiger partial charge is 0.497 e. The molecule has 0 aromatic heterocycles. The second kappa shape index (κ2) is 9.00. The molecule has 6 heteroatoms. The zero-order valence-corrected chi connectivity index (χ0v) is 19.6. The van der Waals surface area contributed by atoms with Crippen molar-refractivity contribution < 1.29 is 28.5 Å². The van der Waals surface area contributed by atoms with Crippen LogP contribution < -0.4 is 4.74 Å². The van der Waals surface area contributed by atoms with Gasteiger partial charge < -0.3 is 23.7 Å². The van der Waals surface area contributed by atoms with Crippen LogP contribution in [0.1, 0.15) is 45.6 Å². The number of hydrogen-bond donors (Lipinski definition) is 0. The molecule has 6 atom stereocenters. The summed E-state index contributed by atoms with van der Waals surface area (Å²) < 4.78 is 29.1. The molecule has 0 radical (unpaired) electrons. The highest BCUT2D eigenvalue weighted by Crippen LogP contribution is 2.59. The summed E-state index contributed by atoms with van der Waals surface area (Å²) >= 11 is 0. The zero-order valence-electron chi connectivity index (χ0n) is 19.6. The van der Waals surface area contributed by atoms with Gasteiger partial charge in [0.2, 0.25) is 0 Å². The van der Waals surface area contributed by atoms with Crippen LogP contribution in [0.3, 0.4) is 0 Å². The number of ether oxygens (including phenoxy) is 5. The molecule has 3 aliphatic rings. The van der Waals surface area contributed by atoms with E-state index in [-0.39, 0.29) is 41.4 Å². The van der Waals surface area contributed by atoms with Gasteiger partial charge in [-0.25, -0.2) is 4.79 Å². The molecule has 1 aromatic carbocycles. The third-order valence-electron chi connectivity index (χ3n) is 7.03. The standard InChI is InChI=1S/C26H34O6/c1-17(2)6-12-21-25(3,32-21)24-23(29-5)20(14-15-26(24)16-30-26)31-22(27)13-9-18-7-10-19(28-4)11-8-18/h6-11,13,20-21,23-24H,12,14-16H2,1-5H3/b13-9-/t20-,21-,23-,24-,25+,26+/m1/s1. The normalized spacial score (nSPS) is 35.5. The Morgan fingerprint density at radius 3 is 2.53 bits per heavy atom. The fourth-order valence-corrected chi connectivity index (χ4v) is 5.14. The molecular weight excluding hydrogens is 408 g/mol. The Morgan fingerprint density at radius 2 is 1.94 bits per heavy atom. The molecule has 3 fully saturated rings. The second-order valence-corrected chi connectivity index (χ2v) is 9.46.